The van der Waals surface area contributed by atoms with E-state index in [9.17, 15) is 5.11 Å². The second-order valence-electron chi connectivity index (χ2n) is 2.29. The summed E-state index contributed by atoms with van der Waals surface area (Å²) < 4.78 is 10.1. The van der Waals surface area contributed by atoms with Gasteiger partial charge in [-0.3, -0.25) is 0 Å². The highest BCUT2D eigenvalue weighted by Crippen LogP contribution is 2.17. The summed E-state index contributed by atoms with van der Waals surface area (Å²) in [5, 5.41) is 9.18. The average molecular weight is 167 g/mol. The highest BCUT2D eigenvalue weighted by Gasteiger charge is 2.35. The van der Waals surface area contributed by atoms with E-state index in [4.69, 9.17) is 21.1 Å². The van der Waals surface area contributed by atoms with Crippen LogP contribution in [0.1, 0.15) is 0 Å². The first-order valence-corrected chi connectivity index (χ1v) is 3.71. The third-order valence-electron chi connectivity index (χ3n) is 1.65. The largest absolute Gasteiger partial charge is 0.388 e. The molecule has 1 heterocycles. The summed E-state index contributed by atoms with van der Waals surface area (Å²) in [5.74, 6) is 0.371. The summed E-state index contributed by atoms with van der Waals surface area (Å²) in [5.41, 5.74) is 0. The predicted octanol–water partition coefficient (Wildman–Crippen LogP) is -0.0001000. The molecule has 1 fully saturated rings. The van der Waals surface area contributed by atoms with E-state index in [0.717, 1.165) is 0 Å². The molecule has 0 aromatic heterocycles. The van der Waals surface area contributed by atoms with Gasteiger partial charge in [-0.05, 0) is 0 Å². The topological polar surface area (TPSA) is 38.7 Å². The Morgan fingerprint density at radius 1 is 1.80 bits per heavy atom. The number of hydrogen-bond acceptors (Lipinski definition) is 3. The normalized spacial score (nSPS) is 40.5. The fourth-order valence-corrected chi connectivity index (χ4v) is 1.37. The van der Waals surface area contributed by atoms with Crippen molar-refractivity contribution >= 4 is 11.6 Å². The fourth-order valence-electron chi connectivity index (χ4n) is 1.10. The van der Waals surface area contributed by atoms with E-state index in [1.165, 1.54) is 0 Å². The number of aliphatic hydroxyl groups is 1. The molecule has 0 aromatic rings. The highest BCUT2D eigenvalue weighted by atomic mass is 35.5. The van der Waals surface area contributed by atoms with Crippen molar-refractivity contribution in [2.45, 2.75) is 18.3 Å². The van der Waals surface area contributed by atoms with Crippen LogP contribution in [0.4, 0.5) is 0 Å². The van der Waals surface area contributed by atoms with Crippen molar-refractivity contribution in [2.75, 3.05) is 19.6 Å². The van der Waals surface area contributed by atoms with Crippen LogP contribution in [0.2, 0.25) is 0 Å². The molecule has 60 valence electrons. The molecule has 3 nitrogen and oxygen atoms in total. The Morgan fingerprint density at radius 3 is 2.90 bits per heavy atom. The average Bonchev–Trinajstić information content (AvgIpc) is 2.30. The zero-order chi connectivity index (χ0) is 7.56. The first kappa shape index (κ1) is 8.27. The van der Waals surface area contributed by atoms with Gasteiger partial charge in [-0.15, -0.1) is 11.6 Å². The van der Waals surface area contributed by atoms with Crippen LogP contribution in [0.3, 0.4) is 0 Å². The minimum Gasteiger partial charge on any atom is -0.388 e. The molecule has 1 saturated heterocycles. The van der Waals surface area contributed by atoms with Crippen LogP contribution in [0.5, 0.6) is 0 Å². The molecule has 1 N–H and O–H groups in total. The van der Waals surface area contributed by atoms with Gasteiger partial charge in [0.1, 0.15) is 12.2 Å². The molecule has 0 amide bonds. The van der Waals surface area contributed by atoms with Gasteiger partial charge in [-0.1, -0.05) is 0 Å². The maximum atomic E-state index is 9.18. The third-order valence-corrected chi connectivity index (χ3v) is 1.96. The maximum Gasteiger partial charge on any atom is 0.112 e. The summed E-state index contributed by atoms with van der Waals surface area (Å²) in [7, 11) is 1.54. The van der Waals surface area contributed by atoms with Gasteiger partial charge in [-0.25, -0.2) is 0 Å². The number of halogens is 1. The lowest BCUT2D eigenvalue weighted by Gasteiger charge is -2.15. The van der Waals surface area contributed by atoms with Gasteiger partial charge in [0.2, 0.25) is 0 Å². The van der Waals surface area contributed by atoms with Gasteiger partial charge < -0.3 is 14.6 Å². The van der Waals surface area contributed by atoms with Crippen LogP contribution < -0.4 is 0 Å². The number of ether oxygens (including phenoxy) is 2. The van der Waals surface area contributed by atoms with Gasteiger partial charge in [0, 0.05) is 7.11 Å². The van der Waals surface area contributed by atoms with Crippen molar-refractivity contribution in [3.8, 4) is 0 Å². The summed E-state index contributed by atoms with van der Waals surface area (Å²) in [6.45, 7) is 0.329. The Balaban J connectivity index is 2.45. The molecular formula is C6H11ClO3. The molecule has 1 rings (SSSR count). The van der Waals surface area contributed by atoms with E-state index in [1.54, 1.807) is 7.11 Å². The molecule has 0 aromatic carbocycles. The molecule has 0 saturated carbocycles. The van der Waals surface area contributed by atoms with Crippen molar-refractivity contribution < 1.29 is 14.6 Å². The van der Waals surface area contributed by atoms with Crippen LogP contribution in [-0.4, -0.2) is 43.0 Å². The van der Waals surface area contributed by atoms with E-state index >= 15 is 0 Å². The summed E-state index contributed by atoms with van der Waals surface area (Å²) in [6, 6.07) is 0. The van der Waals surface area contributed by atoms with E-state index in [-0.39, 0.29) is 12.2 Å². The molecule has 0 radical (unpaired) electrons. The number of aliphatic hydroxyl groups excluding tert-OH is 1. The Morgan fingerprint density at radius 2 is 2.50 bits per heavy atom. The molecule has 1 aliphatic heterocycles. The van der Waals surface area contributed by atoms with E-state index in [0.29, 0.717) is 12.5 Å². The monoisotopic (exact) mass is 166 g/mol. The minimum absolute atomic E-state index is 0.151. The molecular weight excluding hydrogens is 156 g/mol. The fraction of sp³-hybridized carbons (Fsp3) is 1.00. The molecule has 10 heavy (non-hydrogen) atoms. The van der Waals surface area contributed by atoms with Crippen LogP contribution in [0.15, 0.2) is 0 Å². The molecule has 0 bridgehead atoms. The Kier molecular flexibility index (Phi) is 2.92. The van der Waals surface area contributed by atoms with Gasteiger partial charge in [0.25, 0.3) is 0 Å². The van der Waals surface area contributed by atoms with Crippen LogP contribution >= 0.6 is 11.6 Å². The summed E-state index contributed by atoms with van der Waals surface area (Å²) >= 11 is 5.53. The maximum absolute atomic E-state index is 9.18. The molecule has 3 unspecified atom stereocenters. The first-order chi connectivity index (χ1) is 4.79. The molecule has 4 heteroatoms. The zero-order valence-corrected chi connectivity index (χ0v) is 6.54. The number of rotatable bonds is 2. The van der Waals surface area contributed by atoms with E-state index in [1.807, 2.05) is 0 Å². The molecule has 0 aliphatic carbocycles. The third kappa shape index (κ3) is 1.42. The lowest BCUT2D eigenvalue weighted by atomic mass is 10.2. The van der Waals surface area contributed by atoms with Crippen LogP contribution in [0.25, 0.3) is 0 Å². The lowest BCUT2D eigenvalue weighted by Crippen LogP contribution is -2.32. The highest BCUT2D eigenvalue weighted by molar-refractivity contribution is 6.18. The summed E-state index contributed by atoms with van der Waals surface area (Å²) in [4.78, 5) is 0. The van der Waals surface area contributed by atoms with Gasteiger partial charge >= 0.3 is 0 Å². The first-order valence-electron chi connectivity index (χ1n) is 3.18. The van der Waals surface area contributed by atoms with Crippen LogP contribution in [-0.2, 0) is 9.47 Å². The van der Waals surface area contributed by atoms with Crippen LogP contribution in [0, 0.1) is 0 Å². The predicted molar refractivity (Wildman–Crippen MR) is 37.3 cm³/mol. The standard InChI is InChI=1S/C6H11ClO3/c1-9-6-4(8)3-10-5(6)2-7/h4-6,8H,2-3H2,1H3. The van der Waals surface area contributed by atoms with Gasteiger partial charge in [-0.2, -0.15) is 0 Å². The van der Waals surface area contributed by atoms with Crippen molar-refractivity contribution in [1.29, 1.82) is 0 Å². The van der Waals surface area contributed by atoms with E-state index < -0.39 is 6.10 Å². The Labute approximate surface area is 64.9 Å². The Bertz CT molecular complexity index is 109. The van der Waals surface area contributed by atoms with Crippen molar-refractivity contribution in [1.82, 2.24) is 0 Å². The van der Waals surface area contributed by atoms with E-state index in [2.05, 4.69) is 0 Å². The molecule has 1 aliphatic rings. The van der Waals surface area contributed by atoms with Crippen molar-refractivity contribution in [3.63, 3.8) is 0 Å². The number of methoxy groups -OCH3 is 1. The summed E-state index contributed by atoms with van der Waals surface area (Å²) in [6.07, 6.45) is -0.923. The quantitative estimate of drug-likeness (QED) is 0.587. The van der Waals surface area contributed by atoms with Gasteiger partial charge in [0.05, 0.1) is 18.6 Å². The lowest BCUT2D eigenvalue weighted by molar-refractivity contribution is -0.00248. The van der Waals surface area contributed by atoms with Crippen molar-refractivity contribution in [2.24, 2.45) is 0 Å². The number of hydrogen-bond donors (Lipinski definition) is 1. The number of alkyl halides is 1. The second-order valence-corrected chi connectivity index (χ2v) is 2.60. The second kappa shape index (κ2) is 3.53. The zero-order valence-electron chi connectivity index (χ0n) is 5.79. The SMILES string of the molecule is COC1C(O)COC1CCl. The minimum atomic E-state index is -0.520. The van der Waals surface area contributed by atoms with Gasteiger partial charge in [0.15, 0.2) is 0 Å². The molecule has 3 atom stereocenters. The Hall–Kier alpha value is 0.170. The van der Waals surface area contributed by atoms with Crippen molar-refractivity contribution in [3.05, 3.63) is 0 Å². The molecule has 0 spiro atoms. The smallest absolute Gasteiger partial charge is 0.112 e.